The van der Waals surface area contributed by atoms with E-state index in [0.717, 1.165) is 5.56 Å². The lowest BCUT2D eigenvalue weighted by atomic mass is 10.2. The number of nitrogens with zero attached hydrogens (tertiary/aromatic N) is 3. The Morgan fingerprint density at radius 3 is 3.00 bits per heavy atom. The Balaban J connectivity index is 2.19. The summed E-state index contributed by atoms with van der Waals surface area (Å²) in [5.74, 6) is 0.710. The van der Waals surface area contributed by atoms with Crippen molar-refractivity contribution in [2.24, 2.45) is 0 Å². The molecular weight excluding hydrogens is 168 g/mol. The fourth-order valence-corrected chi connectivity index (χ4v) is 0.980. The maximum atomic E-state index is 5.28. The van der Waals surface area contributed by atoms with Crippen LogP contribution in [0.25, 0.3) is 0 Å². The number of hydrogen-bond acceptors (Lipinski definition) is 4. The number of H-pyrrole nitrogens is 1. The van der Waals surface area contributed by atoms with Gasteiger partial charge in [-0.3, -0.25) is 0 Å². The van der Waals surface area contributed by atoms with Crippen LogP contribution in [0, 0.1) is 6.92 Å². The third-order valence-electron chi connectivity index (χ3n) is 1.52. The first-order valence-corrected chi connectivity index (χ1v) is 3.82. The summed E-state index contributed by atoms with van der Waals surface area (Å²) in [6, 6.07) is 7.86. The first-order chi connectivity index (χ1) is 6.34. The summed E-state index contributed by atoms with van der Waals surface area (Å²) >= 11 is 0. The van der Waals surface area contributed by atoms with Crippen molar-refractivity contribution in [3.63, 3.8) is 0 Å². The topological polar surface area (TPSA) is 63.7 Å². The Kier molecular flexibility index (Phi) is 1.91. The van der Waals surface area contributed by atoms with Crippen molar-refractivity contribution in [1.82, 2.24) is 20.6 Å². The average Bonchev–Trinajstić information content (AvgIpc) is 2.57. The summed E-state index contributed by atoms with van der Waals surface area (Å²) in [5, 5.41) is 13.0. The standard InChI is InChI=1S/C8H8N4O/c1-6-3-2-4-7(5-6)13-8-9-11-12-10-8/h2-5H,1H3,(H,9,10,11,12). The lowest BCUT2D eigenvalue weighted by Crippen LogP contribution is -1.86. The van der Waals surface area contributed by atoms with E-state index >= 15 is 0 Å². The third-order valence-corrected chi connectivity index (χ3v) is 1.52. The van der Waals surface area contributed by atoms with Gasteiger partial charge in [-0.2, -0.15) is 5.21 Å². The lowest BCUT2D eigenvalue weighted by molar-refractivity contribution is 0.442. The fraction of sp³-hybridized carbons (Fsp3) is 0.125. The van der Waals surface area contributed by atoms with E-state index in [2.05, 4.69) is 20.6 Å². The van der Waals surface area contributed by atoms with E-state index in [1.807, 2.05) is 31.2 Å². The van der Waals surface area contributed by atoms with E-state index in [1.165, 1.54) is 0 Å². The SMILES string of the molecule is Cc1cccc(Oc2nn[nH]n2)c1. The number of nitrogens with one attached hydrogen (secondary N) is 1. The minimum absolute atomic E-state index is 0.227. The molecule has 0 bridgehead atoms. The molecule has 5 nitrogen and oxygen atoms in total. The Labute approximate surface area is 74.7 Å². The first kappa shape index (κ1) is 7.72. The average molecular weight is 176 g/mol. The van der Waals surface area contributed by atoms with Crippen LogP contribution >= 0.6 is 0 Å². The molecule has 1 heterocycles. The van der Waals surface area contributed by atoms with Gasteiger partial charge in [-0.05, 0) is 29.8 Å². The van der Waals surface area contributed by atoms with Crippen LogP contribution in [0.5, 0.6) is 11.8 Å². The van der Waals surface area contributed by atoms with Crippen LogP contribution in [0.3, 0.4) is 0 Å². The highest BCUT2D eigenvalue weighted by atomic mass is 16.5. The number of rotatable bonds is 2. The van der Waals surface area contributed by atoms with E-state index in [-0.39, 0.29) is 6.01 Å². The summed E-state index contributed by atoms with van der Waals surface area (Å²) in [6.45, 7) is 1.99. The Hall–Kier alpha value is -1.91. The molecule has 66 valence electrons. The Bertz CT molecular complexity index is 385. The third kappa shape index (κ3) is 1.81. The van der Waals surface area contributed by atoms with Crippen LogP contribution in [-0.2, 0) is 0 Å². The minimum atomic E-state index is 0.227. The van der Waals surface area contributed by atoms with Gasteiger partial charge >= 0.3 is 6.01 Å². The highest BCUT2D eigenvalue weighted by Crippen LogP contribution is 2.17. The van der Waals surface area contributed by atoms with Gasteiger partial charge in [0.05, 0.1) is 0 Å². The number of tetrazole rings is 1. The van der Waals surface area contributed by atoms with Crippen molar-refractivity contribution < 1.29 is 4.74 Å². The number of aromatic nitrogens is 4. The minimum Gasteiger partial charge on any atom is -0.422 e. The monoisotopic (exact) mass is 176 g/mol. The van der Waals surface area contributed by atoms with Crippen molar-refractivity contribution in [1.29, 1.82) is 0 Å². The molecule has 2 rings (SSSR count). The Morgan fingerprint density at radius 2 is 2.31 bits per heavy atom. The van der Waals surface area contributed by atoms with E-state index in [1.54, 1.807) is 0 Å². The molecule has 0 aliphatic carbocycles. The number of aromatic amines is 1. The van der Waals surface area contributed by atoms with Gasteiger partial charge in [-0.15, -0.1) is 0 Å². The summed E-state index contributed by atoms with van der Waals surface area (Å²) in [7, 11) is 0. The molecule has 0 aliphatic rings. The molecule has 0 aliphatic heterocycles. The van der Waals surface area contributed by atoms with E-state index in [9.17, 15) is 0 Å². The van der Waals surface area contributed by atoms with Gasteiger partial charge in [0.2, 0.25) is 0 Å². The lowest BCUT2D eigenvalue weighted by Gasteiger charge is -1.99. The summed E-state index contributed by atoms with van der Waals surface area (Å²) < 4.78 is 5.28. The van der Waals surface area contributed by atoms with Gasteiger partial charge in [0.15, 0.2) is 0 Å². The van der Waals surface area contributed by atoms with Gasteiger partial charge in [-0.1, -0.05) is 22.3 Å². The van der Waals surface area contributed by atoms with Gasteiger partial charge in [-0.25, -0.2) is 0 Å². The second-order valence-electron chi connectivity index (χ2n) is 2.61. The largest absolute Gasteiger partial charge is 0.422 e. The molecule has 0 radical (unpaired) electrons. The number of benzene rings is 1. The zero-order valence-electron chi connectivity index (χ0n) is 7.06. The van der Waals surface area contributed by atoms with Gasteiger partial charge in [0, 0.05) is 0 Å². The second kappa shape index (κ2) is 3.22. The number of hydrogen-bond donors (Lipinski definition) is 1. The molecule has 13 heavy (non-hydrogen) atoms. The molecule has 0 spiro atoms. The van der Waals surface area contributed by atoms with Crippen LogP contribution in [-0.4, -0.2) is 20.6 Å². The number of ether oxygens (including phenoxy) is 1. The van der Waals surface area contributed by atoms with Gasteiger partial charge in [0.25, 0.3) is 0 Å². The molecule has 2 aromatic rings. The smallest absolute Gasteiger partial charge is 0.361 e. The predicted molar refractivity (Wildman–Crippen MR) is 45.4 cm³/mol. The molecule has 0 unspecified atom stereocenters. The molecule has 1 aromatic carbocycles. The molecule has 0 amide bonds. The van der Waals surface area contributed by atoms with E-state index in [4.69, 9.17) is 4.74 Å². The molecule has 0 saturated carbocycles. The molecule has 5 heteroatoms. The molecule has 0 fully saturated rings. The van der Waals surface area contributed by atoms with E-state index in [0.29, 0.717) is 5.75 Å². The zero-order valence-corrected chi connectivity index (χ0v) is 7.06. The van der Waals surface area contributed by atoms with Crippen LogP contribution in [0.2, 0.25) is 0 Å². The van der Waals surface area contributed by atoms with Crippen LogP contribution < -0.4 is 4.74 Å². The molecule has 1 N–H and O–H groups in total. The molecular formula is C8H8N4O. The van der Waals surface area contributed by atoms with Crippen molar-refractivity contribution in [3.05, 3.63) is 29.8 Å². The molecule has 0 saturated heterocycles. The van der Waals surface area contributed by atoms with Crippen molar-refractivity contribution in [2.45, 2.75) is 6.92 Å². The zero-order chi connectivity index (χ0) is 9.10. The van der Waals surface area contributed by atoms with Gasteiger partial charge in [0.1, 0.15) is 5.75 Å². The van der Waals surface area contributed by atoms with Crippen LogP contribution in [0.4, 0.5) is 0 Å². The van der Waals surface area contributed by atoms with E-state index < -0.39 is 0 Å². The van der Waals surface area contributed by atoms with Gasteiger partial charge < -0.3 is 4.74 Å². The van der Waals surface area contributed by atoms with Crippen molar-refractivity contribution >= 4 is 0 Å². The first-order valence-electron chi connectivity index (χ1n) is 3.82. The quantitative estimate of drug-likeness (QED) is 0.749. The Morgan fingerprint density at radius 1 is 1.38 bits per heavy atom. The summed E-state index contributed by atoms with van der Waals surface area (Å²) in [5.41, 5.74) is 1.13. The van der Waals surface area contributed by atoms with Crippen LogP contribution in [0.1, 0.15) is 5.56 Å². The second-order valence-corrected chi connectivity index (χ2v) is 2.61. The normalized spacial score (nSPS) is 9.92. The summed E-state index contributed by atoms with van der Waals surface area (Å²) in [6.07, 6.45) is 0. The molecule has 1 aromatic heterocycles. The van der Waals surface area contributed by atoms with Crippen molar-refractivity contribution in [2.75, 3.05) is 0 Å². The predicted octanol–water partition coefficient (Wildman–Crippen LogP) is 1.30. The highest BCUT2D eigenvalue weighted by Gasteiger charge is 2.00. The maximum absolute atomic E-state index is 5.28. The van der Waals surface area contributed by atoms with Crippen molar-refractivity contribution in [3.8, 4) is 11.8 Å². The number of aryl methyl sites for hydroxylation is 1. The maximum Gasteiger partial charge on any atom is 0.361 e. The molecule has 0 atom stereocenters. The highest BCUT2D eigenvalue weighted by molar-refractivity contribution is 5.29. The fourth-order valence-electron chi connectivity index (χ4n) is 0.980. The van der Waals surface area contributed by atoms with Crippen LogP contribution in [0.15, 0.2) is 24.3 Å². The summed E-state index contributed by atoms with van der Waals surface area (Å²) in [4.78, 5) is 0.